The van der Waals surface area contributed by atoms with E-state index in [1.807, 2.05) is 30.0 Å². The minimum absolute atomic E-state index is 0.111. The van der Waals surface area contributed by atoms with E-state index >= 15 is 0 Å². The van der Waals surface area contributed by atoms with Crippen molar-refractivity contribution in [2.24, 2.45) is 12.9 Å². The van der Waals surface area contributed by atoms with Gasteiger partial charge in [0.25, 0.3) is 0 Å². The number of thiophene rings is 1. The van der Waals surface area contributed by atoms with Gasteiger partial charge in [-0.15, -0.1) is 11.3 Å². The zero-order valence-corrected chi connectivity index (χ0v) is 11.9. The third-order valence-electron chi connectivity index (χ3n) is 3.07. The molecule has 5 heteroatoms. The van der Waals surface area contributed by atoms with Gasteiger partial charge in [0.2, 0.25) is 0 Å². The van der Waals surface area contributed by atoms with Crippen molar-refractivity contribution < 1.29 is 0 Å². The standard InChI is InChI=1S/C13H20N4S/c1-4-10-5-6-11(18-10)8-12(15-14)13-7-9(2)16-17(13)3/h5-7,12,15H,4,8,14H2,1-3H3. The minimum atomic E-state index is 0.111. The molecule has 0 amide bonds. The van der Waals surface area contributed by atoms with Gasteiger partial charge in [0.1, 0.15) is 0 Å². The van der Waals surface area contributed by atoms with E-state index in [2.05, 4.69) is 35.6 Å². The monoisotopic (exact) mass is 264 g/mol. The molecule has 3 N–H and O–H groups in total. The molecule has 0 radical (unpaired) electrons. The Morgan fingerprint density at radius 2 is 2.17 bits per heavy atom. The van der Waals surface area contributed by atoms with E-state index in [1.54, 1.807) is 0 Å². The summed E-state index contributed by atoms with van der Waals surface area (Å²) >= 11 is 1.86. The molecule has 0 spiro atoms. The molecule has 0 saturated carbocycles. The second-order valence-corrected chi connectivity index (χ2v) is 5.73. The molecule has 0 fully saturated rings. The number of hydrazine groups is 1. The molecule has 0 aliphatic carbocycles. The molecule has 98 valence electrons. The van der Waals surface area contributed by atoms with Crippen LogP contribution in [0, 0.1) is 6.92 Å². The normalized spacial score (nSPS) is 12.9. The van der Waals surface area contributed by atoms with Gasteiger partial charge in [-0.3, -0.25) is 16.0 Å². The van der Waals surface area contributed by atoms with E-state index < -0.39 is 0 Å². The Balaban J connectivity index is 2.16. The van der Waals surface area contributed by atoms with Crippen LogP contribution in [0.25, 0.3) is 0 Å². The van der Waals surface area contributed by atoms with Gasteiger partial charge in [0.15, 0.2) is 0 Å². The van der Waals surface area contributed by atoms with Crippen molar-refractivity contribution in [1.82, 2.24) is 15.2 Å². The van der Waals surface area contributed by atoms with Crippen LogP contribution in [0.4, 0.5) is 0 Å². The fraction of sp³-hybridized carbons (Fsp3) is 0.462. The lowest BCUT2D eigenvalue weighted by Gasteiger charge is -2.15. The van der Waals surface area contributed by atoms with Crippen LogP contribution < -0.4 is 11.3 Å². The van der Waals surface area contributed by atoms with Crippen molar-refractivity contribution in [2.75, 3.05) is 0 Å². The van der Waals surface area contributed by atoms with Crippen molar-refractivity contribution in [3.63, 3.8) is 0 Å². The number of nitrogens with zero attached hydrogens (tertiary/aromatic N) is 2. The second kappa shape index (κ2) is 5.65. The summed E-state index contributed by atoms with van der Waals surface area (Å²) in [7, 11) is 1.96. The Labute approximate surface area is 112 Å². The van der Waals surface area contributed by atoms with Crippen molar-refractivity contribution in [2.45, 2.75) is 32.7 Å². The van der Waals surface area contributed by atoms with Gasteiger partial charge in [-0.05, 0) is 31.5 Å². The summed E-state index contributed by atoms with van der Waals surface area (Å²) in [6, 6.07) is 6.58. The maximum atomic E-state index is 5.68. The molecule has 18 heavy (non-hydrogen) atoms. The van der Waals surface area contributed by atoms with Crippen molar-refractivity contribution >= 4 is 11.3 Å². The van der Waals surface area contributed by atoms with Crippen molar-refractivity contribution in [1.29, 1.82) is 0 Å². The lowest BCUT2D eigenvalue weighted by atomic mass is 10.1. The largest absolute Gasteiger partial charge is 0.271 e. The van der Waals surface area contributed by atoms with Crippen LogP contribution in [0.3, 0.4) is 0 Å². The molecular formula is C13H20N4S. The maximum absolute atomic E-state index is 5.68. The van der Waals surface area contributed by atoms with Crippen LogP contribution >= 0.6 is 11.3 Å². The van der Waals surface area contributed by atoms with Gasteiger partial charge >= 0.3 is 0 Å². The van der Waals surface area contributed by atoms with Gasteiger partial charge in [-0.1, -0.05) is 6.92 Å². The predicted octanol–water partition coefficient (Wildman–Crippen LogP) is 2.10. The van der Waals surface area contributed by atoms with Crippen molar-refractivity contribution in [3.8, 4) is 0 Å². The number of aryl methyl sites for hydroxylation is 3. The summed E-state index contributed by atoms with van der Waals surface area (Å²) in [4.78, 5) is 2.77. The number of rotatable bonds is 5. The highest BCUT2D eigenvalue weighted by Crippen LogP contribution is 2.24. The number of aromatic nitrogens is 2. The molecule has 2 rings (SSSR count). The minimum Gasteiger partial charge on any atom is -0.271 e. The van der Waals surface area contributed by atoms with E-state index in [0.717, 1.165) is 24.2 Å². The molecule has 2 heterocycles. The van der Waals surface area contributed by atoms with Gasteiger partial charge in [0.05, 0.1) is 17.4 Å². The summed E-state index contributed by atoms with van der Waals surface area (Å²) in [5.74, 6) is 5.68. The Bertz CT molecular complexity index is 515. The lowest BCUT2D eigenvalue weighted by Crippen LogP contribution is -2.30. The molecule has 4 nitrogen and oxygen atoms in total. The molecule has 1 unspecified atom stereocenters. The predicted molar refractivity (Wildman–Crippen MR) is 75.4 cm³/mol. The van der Waals surface area contributed by atoms with E-state index in [4.69, 9.17) is 5.84 Å². The number of hydrogen-bond acceptors (Lipinski definition) is 4. The summed E-state index contributed by atoms with van der Waals surface area (Å²) in [6.45, 7) is 4.18. The van der Waals surface area contributed by atoms with Crippen LogP contribution in [-0.2, 0) is 19.9 Å². The zero-order chi connectivity index (χ0) is 13.1. The first-order valence-electron chi connectivity index (χ1n) is 6.18. The molecule has 0 aliphatic heterocycles. The van der Waals surface area contributed by atoms with Crippen LogP contribution in [0.1, 0.15) is 34.1 Å². The van der Waals surface area contributed by atoms with Crippen LogP contribution in [-0.4, -0.2) is 9.78 Å². The molecule has 0 aromatic carbocycles. The number of hydrogen-bond donors (Lipinski definition) is 2. The fourth-order valence-electron chi connectivity index (χ4n) is 2.13. The second-order valence-electron chi connectivity index (χ2n) is 4.48. The number of nitrogens with two attached hydrogens (primary N) is 1. The van der Waals surface area contributed by atoms with Crippen molar-refractivity contribution in [3.05, 3.63) is 39.3 Å². The highest BCUT2D eigenvalue weighted by atomic mass is 32.1. The molecule has 0 bridgehead atoms. The smallest absolute Gasteiger partial charge is 0.0677 e. The molecule has 0 aliphatic rings. The third kappa shape index (κ3) is 2.80. The summed E-state index contributed by atoms with van der Waals surface area (Å²) in [6.07, 6.45) is 2.00. The Morgan fingerprint density at radius 1 is 1.44 bits per heavy atom. The van der Waals surface area contributed by atoms with Crippen LogP contribution in [0.5, 0.6) is 0 Å². The molecule has 2 aromatic heterocycles. The average molecular weight is 264 g/mol. The number of nitrogens with one attached hydrogen (secondary N) is 1. The zero-order valence-electron chi connectivity index (χ0n) is 11.1. The quantitative estimate of drug-likeness (QED) is 0.642. The third-order valence-corrected chi connectivity index (χ3v) is 4.32. The Morgan fingerprint density at radius 3 is 2.67 bits per heavy atom. The molecule has 0 saturated heterocycles. The van der Waals surface area contributed by atoms with Crippen LogP contribution in [0.15, 0.2) is 18.2 Å². The SMILES string of the molecule is CCc1ccc(CC(NN)c2cc(C)nn2C)s1. The van der Waals surface area contributed by atoms with Gasteiger partial charge in [0, 0.05) is 23.2 Å². The molecule has 1 atom stereocenters. The van der Waals surface area contributed by atoms with E-state index in [1.165, 1.54) is 9.75 Å². The summed E-state index contributed by atoms with van der Waals surface area (Å²) in [5, 5.41) is 4.37. The summed E-state index contributed by atoms with van der Waals surface area (Å²) in [5.41, 5.74) is 5.04. The molecular weight excluding hydrogens is 244 g/mol. The first kappa shape index (κ1) is 13.3. The maximum Gasteiger partial charge on any atom is 0.0677 e. The lowest BCUT2D eigenvalue weighted by molar-refractivity contribution is 0.511. The topological polar surface area (TPSA) is 55.9 Å². The van der Waals surface area contributed by atoms with Gasteiger partial charge in [-0.25, -0.2) is 0 Å². The Hall–Kier alpha value is -1.17. The van der Waals surface area contributed by atoms with Gasteiger partial charge < -0.3 is 0 Å². The molecule has 2 aromatic rings. The van der Waals surface area contributed by atoms with Gasteiger partial charge in [-0.2, -0.15) is 5.10 Å². The van der Waals surface area contributed by atoms with Crippen LogP contribution in [0.2, 0.25) is 0 Å². The van der Waals surface area contributed by atoms with E-state index in [0.29, 0.717) is 0 Å². The first-order chi connectivity index (χ1) is 8.63. The highest BCUT2D eigenvalue weighted by molar-refractivity contribution is 7.11. The fourth-order valence-corrected chi connectivity index (χ4v) is 3.13. The first-order valence-corrected chi connectivity index (χ1v) is 7.00. The van der Waals surface area contributed by atoms with E-state index in [-0.39, 0.29) is 6.04 Å². The summed E-state index contributed by atoms with van der Waals surface area (Å²) < 4.78 is 1.90. The van der Waals surface area contributed by atoms with E-state index in [9.17, 15) is 0 Å². The average Bonchev–Trinajstić information content (AvgIpc) is 2.92. The Kier molecular flexibility index (Phi) is 4.16. The highest BCUT2D eigenvalue weighted by Gasteiger charge is 2.16.